The van der Waals surface area contributed by atoms with E-state index in [1.54, 1.807) is 20.8 Å². The van der Waals surface area contributed by atoms with E-state index in [9.17, 15) is 14.4 Å². The number of alkyl carbamates (subject to hydrolysis) is 1. The minimum atomic E-state index is -0.925. The molecule has 2 heterocycles. The van der Waals surface area contributed by atoms with Crippen LogP contribution < -0.4 is 10.6 Å². The molecule has 0 aromatic carbocycles. The van der Waals surface area contributed by atoms with Crippen LogP contribution >= 0.6 is 0 Å². The second-order valence-electron chi connectivity index (χ2n) is 7.74. The summed E-state index contributed by atoms with van der Waals surface area (Å²) in [6.45, 7) is 6.43. The molecule has 2 atom stereocenters. The van der Waals surface area contributed by atoms with E-state index in [1.165, 1.54) is 7.11 Å². The number of carbonyl (C=O) groups is 3. The molecule has 2 rings (SSSR count). The van der Waals surface area contributed by atoms with Gasteiger partial charge < -0.3 is 24.8 Å². The summed E-state index contributed by atoms with van der Waals surface area (Å²) >= 11 is 0. The van der Waals surface area contributed by atoms with Crippen LogP contribution in [0, 0.1) is 5.92 Å². The maximum absolute atomic E-state index is 12.4. The third kappa shape index (κ3) is 5.32. The maximum atomic E-state index is 12.4. The lowest BCUT2D eigenvalue weighted by Crippen LogP contribution is -2.46. The van der Waals surface area contributed by atoms with Crippen LogP contribution in [-0.4, -0.2) is 55.5 Å². The Morgan fingerprint density at radius 1 is 1.36 bits per heavy atom. The number of amides is 2. The number of methoxy groups -OCH3 is 1. The van der Waals surface area contributed by atoms with Crippen LogP contribution in [0.15, 0.2) is 0 Å². The van der Waals surface area contributed by atoms with Crippen LogP contribution in [0.3, 0.4) is 0 Å². The van der Waals surface area contributed by atoms with Gasteiger partial charge in [0.25, 0.3) is 0 Å². The molecule has 0 aromatic rings. The molecule has 142 valence electrons. The smallest absolute Gasteiger partial charge is 0.408 e. The molecule has 2 amide bonds. The molecule has 2 N–H and O–H groups in total. The van der Waals surface area contributed by atoms with Crippen molar-refractivity contribution in [3.63, 3.8) is 0 Å². The number of ether oxygens (including phenoxy) is 3. The van der Waals surface area contributed by atoms with Crippen molar-refractivity contribution >= 4 is 18.0 Å². The highest BCUT2D eigenvalue weighted by molar-refractivity contribution is 5.85. The number of hydrogen-bond donors (Lipinski definition) is 2. The zero-order valence-electron chi connectivity index (χ0n) is 15.3. The van der Waals surface area contributed by atoms with E-state index < -0.39 is 23.7 Å². The fourth-order valence-corrected chi connectivity index (χ4v) is 3.35. The molecule has 2 unspecified atom stereocenters. The van der Waals surface area contributed by atoms with Crippen LogP contribution in [0.25, 0.3) is 0 Å². The molecule has 1 spiro atoms. The fourth-order valence-electron chi connectivity index (χ4n) is 3.35. The Balaban J connectivity index is 2.00. The summed E-state index contributed by atoms with van der Waals surface area (Å²) in [6.07, 6.45) is 1.62. The van der Waals surface area contributed by atoms with Gasteiger partial charge in [0.1, 0.15) is 11.6 Å². The predicted molar refractivity (Wildman–Crippen MR) is 88.8 cm³/mol. The lowest BCUT2D eigenvalue weighted by atomic mass is 9.84. The van der Waals surface area contributed by atoms with Gasteiger partial charge in [-0.3, -0.25) is 4.79 Å². The Bertz CT molecular complexity index is 522. The van der Waals surface area contributed by atoms with Crippen LogP contribution in [-0.2, 0) is 23.8 Å². The summed E-state index contributed by atoms with van der Waals surface area (Å²) < 4.78 is 15.3. The second kappa shape index (κ2) is 7.59. The highest BCUT2D eigenvalue weighted by Crippen LogP contribution is 2.35. The van der Waals surface area contributed by atoms with E-state index >= 15 is 0 Å². The summed E-state index contributed by atoms with van der Waals surface area (Å²) in [5, 5.41) is 5.58. The number of nitrogens with one attached hydrogen (secondary N) is 2. The van der Waals surface area contributed by atoms with Crippen LogP contribution in [0.1, 0.15) is 46.5 Å². The monoisotopic (exact) mass is 356 g/mol. The van der Waals surface area contributed by atoms with E-state index in [4.69, 9.17) is 14.2 Å². The summed E-state index contributed by atoms with van der Waals surface area (Å²) in [5.41, 5.74) is -0.936. The van der Waals surface area contributed by atoms with Crippen LogP contribution in [0.5, 0.6) is 0 Å². The van der Waals surface area contributed by atoms with Gasteiger partial charge in [-0.05, 0) is 46.5 Å². The third-order valence-corrected chi connectivity index (χ3v) is 4.54. The summed E-state index contributed by atoms with van der Waals surface area (Å²) in [4.78, 5) is 36.4. The van der Waals surface area contributed by atoms with E-state index in [-0.39, 0.29) is 23.8 Å². The van der Waals surface area contributed by atoms with Crippen LogP contribution in [0.4, 0.5) is 4.79 Å². The van der Waals surface area contributed by atoms with Crippen molar-refractivity contribution < 1.29 is 28.6 Å². The average molecular weight is 356 g/mol. The van der Waals surface area contributed by atoms with Gasteiger partial charge in [-0.25, -0.2) is 9.59 Å². The highest BCUT2D eigenvalue weighted by Gasteiger charge is 2.46. The summed E-state index contributed by atoms with van der Waals surface area (Å²) in [6, 6.07) is -0.925. The van der Waals surface area contributed by atoms with Crippen molar-refractivity contribution in [2.24, 2.45) is 5.92 Å². The minimum absolute atomic E-state index is 0.0956. The van der Waals surface area contributed by atoms with Crippen molar-refractivity contribution in [3.05, 3.63) is 0 Å². The molecule has 2 saturated heterocycles. The maximum Gasteiger partial charge on any atom is 0.408 e. The third-order valence-electron chi connectivity index (χ3n) is 4.54. The van der Waals surface area contributed by atoms with Gasteiger partial charge in [-0.1, -0.05) is 0 Å². The molecule has 0 bridgehead atoms. The Morgan fingerprint density at radius 2 is 2.00 bits per heavy atom. The van der Waals surface area contributed by atoms with E-state index in [2.05, 4.69) is 10.6 Å². The zero-order valence-corrected chi connectivity index (χ0v) is 15.3. The molecule has 0 radical (unpaired) electrons. The first-order valence-corrected chi connectivity index (χ1v) is 8.61. The summed E-state index contributed by atoms with van der Waals surface area (Å²) in [5.74, 6) is -1.05. The standard InChI is InChI=1S/C17H28N2O6/c1-16(2,3)25-15(22)18-12(14(21)23-4)9-11-10-17(19-13(11)20)5-7-24-8-6-17/h11-12H,5-10H2,1-4H3,(H,18,22)(H,19,20). The molecule has 8 nitrogen and oxygen atoms in total. The Hall–Kier alpha value is -1.83. The first-order chi connectivity index (χ1) is 11.6. The first-order valence-electron chi connectivity index (χ1n) is 8.61. The minimum Gasteiger partial charge on any atom is -0.467 e. The molecule has 2 fully saturated rings. The van der Waals surface area contributed by atoms with Gasteiger partial charge in [0.05, 0.1) is 7.11 Å². The van der Waals surface area contributed by atoms with Gasteiger partial charge in [0.2, 0.25) is 5.91 Å². The van der Waals surface area contributed by atoms with E-state index in [0.717, 1.165) is 12.8 Å². The van der Waals surface area contributed by atoms with Crippen LogP contribution in [0.2, 0.25) is 0 Å². The number of hydrogen-bond acceptors (Lipinski definition) is 6. The number of rotatable bonds is 4. The molecule has 8 heteroatoms. The molecular weight excluding hydrogens is 328 g/mol. The number of esters is 1. The van der Waals surface area contributed by atoms with Crippen molar-refractivity contribution in [3.8, 4) is 0 Å². The van der Waals surface area contributed by atoms with Gasteiger partial charge >= 0.3 is 12.1 Å². The lowest BCUT2D eigenvalue weighted by Gasteiger charge is -2.33. The molecule has 0 aliphatic carbocycles. The molecule has 0 saturated carbocycles. The molecule has 2 aliphatic heterocycles. The van der Waals surface area contributed by atoms with Gasteiger partial charge in [-0.15, -0.1) is 0 Å². The topological polar surface area (TPSA) is 103 Å². The largest absolute Gasteiger partial charge is 0.467 e. The quantitative estimate of drug-likeness (QED) is 0.732. The average Bonchev–Trinajstić information content (AvgIpc) is 2.79. The Morgan fingerprint density at radius 3 is 2.56 bits per heavy atom. The van der Waals surface area contributed by atoms with E-state index in [0.29, 0.717) is 19.6 Å². The van der Waals surface area contributed by atoms with Crippen molar-refractivity contribution in [1.29, 1.82) is 0 Å². The van der Waals surface area contributed by atoms with Crippen molar-refractivity contribution in [2.45, 2.75) is 63.6 Å². The zero-order chi connectivity index (χ0) is 18.7. The molecule has 2 aliphatic rings. The number of carbonyl (C=O) groups excluding carboxylic acids is 3. The van der Waals surface area contributed by atoms with Gasteiger partial charge in [0, 0.05) is 24.7 Å². The Labute approximate surface area is 147 Å². The highest BCUT2D eigenvalue weighted by atomic mass is 16.6. The fraction of sp³-hybridized carbons (Fsp3) is 0.824. The lowest BCUT2D eigenvalue weighted by molar-refractivity contribution is -0.143. The van der Waals surface area contributed by atoms with E-state index in [1.807, 2.05) is 0 Å². The molecule has 0 aromatic heterocycles. The summed E-state index contributed by atoms with van der Waals surface area (Å²) in [7, 11) is 1.25. The van der Waals surface area contributed by atoms with Crippen molar-refractivity contribution in [2.75, 3.05) is 20.3 Å². The Kier molecular flexibility index (Phi) is 5.92. The normalized spacial score (nSPS) is 23.7. The van der Waals surface area contributed by atoms with Gasteiger partial charge in [0.15, 0.2) is 0 Å². The predicted octanol–water partition coefficient (Wildman–Crippen LogP) is 1.13. The SMILES string of the molecule is COC(=O)C(CC1CC2(CCOCC2)NC1=O)NC(=O)OC(C)(C)C. The first kappa shape index (κ1) is 19.5. The molecule has 25 heavy (non-hydrogen) atoms. The second-order valence-corrected chi connectivity index (χ2v) is 7.74. The molecular formula is C17H28N2O6. The van der Waals surface area contributed by atoms with Crippen molar-refractivity contribution in [1.82, 2.24) is 10.6 Å². The van der Waals surface area contributed by atoms with Gasteiger partial charge in [-0.2, -0.15) is 0 Å².